The Hall–Kier alpha value is -6.20. The van der Waals surface area contributed by atoms with E-state index in [1.807, 2.05) is 55.5 Å². The molecular weight excluding hydrogens is 650 g/mol. The molecule has 6 aromatic rings. The number of esters is 1. The molecule has 2 heterocycles. The molecule has 256 valence electrons. The van der Waals surface area contributed by atoms with E-state index in [0.717, 1.165) is 22.3 Å². The van der Waals surface area contributed by atoms with E-state index in [2.05, 4.69) is 30.4 Å². The van der Waals surface area contributed by atoms with Crippen molar-refractivity contribution in [2.75, 3.05) is 6.61 Å². The molecule has 1 atom stereocenters. The maximum absolute atomic E-state index is 13.5. The number of carbonyl (C=O) groups excluding carboxylic acids is 2. The van der Waals surface area contributed by atoms with Crippen LogP contribution in [0.5, 0.6) is 11.8 Å². The highest BCUT2D eigenvalue weighted by Gasteiger charge is 2.23. The number of carbonyl (C=O) groups is 2. The molecule has 3 N–H and O–H groups in total. The lowest BCUT2D eigenvalue weighted by Gasteiger charge is -2.16. The van der Waals surface area contributed by atoms with Gasteiger partial charge in [0, 0.05) is 12.5 Å². The zero-order valence-corrected chi connectivity index (χ0v) is 26.8. The van der Waals surface area contributed by atoms with Crippen LogP contribution >= 0.6 is 0 Å². The highest BCUT2D eigenvalue weighted by molar-refractivity contribution is 6.02. The van der Waals surface area contributed by atoms with Gasteiger partial charge in [0.2, 0.25) is 12.1 Å². The van der Waals surface area contributed by atoms with Crippen molar-refractivity contribution in [2.45, 2.75) is 33.3 Å². The number of nitrogens with zero attached hydrogens (tertiary/aromatic N) is 6. The van der Waals surface area contributed by atoms with Crippen molar-refractivity contribution in [3.05, 3.63) is 108 Å². The summed E-state index contributed by atoms with van der Waals surface area (Å²) in [6.45, 7) is 3.68. The number of aromatic amines is 1. The summed E-state index contributed by atoms with van der Waals surface area (Å²) in [5.74, 6) is -0.174. The summed E-state index contributed by atoms with van der Waals surface area (Å²) in [7, 11) is 0. The number of hydrogen-bond acceptors (Lipinski definition) is 14. The average molecular weight is 682 g/mol. The Labute approximate surface area is 284 Å². The zero-order valence-electron chi connectivity index (χ0n) is 26.8. The molecule has 0 aliphatic rings. The van der Waals surface area contributed by atoms with Crippen LogP contribution in [0.3, 0.4) is 0 Å². The Morgan fingerprint density at radius 3 is 2.44 bits per heavy atom. The Morgan fingerprint density at radius 2 is 1.70 bits per heavy atom. The number of benzene rings is 4. The fourth-order valence-corrected chi connectivity index (χ4v) is 5.22. The summed E-state index contributed by atoms with van der Waals surface area (Å²) in [4.78, 5) is 35.1. The Balaban J connectivity index is 1.18. The number of tetrazole rings is 1. The largest absolute Gasteiger partial charge is 0.516 e. The third kappa shape index (κ3) is 7.91. The molecular formula is C34H31N7O9. The van der Waals surface area contributed by atoms with Gasteiger partial charge in [-0.15, -0.1) is 10.2 Å². The fraction of sp³-hybridized carbons (Fsp3) is 0.176. The molecule has 0 fully saturated rings. The van der Waals surface area contributed by atoms with Gasteiger partial charge in [0.25, 0.3) is 6.01 Å². The van der Waals surface area contributed by atoms with Crippen LogP contribution in [0.15, 0.2) is 91.0 Å². The van der Waals surface area contributed by atoms with Gasteiger partial charge in [-0.05, 0) is 58.7 Å². The summed E-state index contributed by atoms with van der Waals surface area (Å²) >= 11 is 0. The number of rotatable bonds is 13. The lowest BCUT2D eigenvalue weighted by atomic mass is 9.98. The molecule has 0 amide bonds. The van der Waals surface area contributed by atoms with Gasteiger partial charge in [-0.3, -0.25) is 15.0 Å². The molecule has 0 spiro atoms. The Bertz CT molecular complexity index is 2080. The number of aromatic nitrogens is 6. The van der Waals surface area contributed by atoms with Crippen LogP contribution in [0.4, 0.5) is 4.79 Å². The minimum Gasteiger partial charge on any atom is -0.465 e. The van der Waals surface area contributed by atoms with E-state index in [1.165, 1.54) is 19.1 Å². The van der Waals surface area contributed by atoms with Crippen LogP contribution in [-0.4, -0.2) is 71.0 Å². The summed E-state index contributed by atoms with van der Waals surface area (Å²) in [6, 6.07) is 27.1. The molecule has 4 aromatic carbocycles. The standard InChI is InChI=1S/C34H31N7O9/c1-3-46-33-35-29-13-7-12-28(32(42)48-21(2)49-34(43)50-25-9-6-8-23(18-25)20-47-41(44)45)30(29)40(33)19-22-14-16-24(17-15-22)26-10-4-5-11-27(26)31-36-38-39-37-31/h4-18,21,44-45H,3,19-20H2,1-2H3,(H,36,37,38,39). The first-order valence-electron chi connectivity index (χ1n) is 15.3. The van der Waals surface area contributed by atoms with Crippen molar-refractivity contribution in [3.63, 3.8) is 0 Å². The van der Waals surface area contributed by atoms with Gasteiger partial charge in [0.05, 0.1) is 41.7 Å². The van der Waals surface area contributed by atoms with Gasteiger partial charge in [0.1, 0.15) is 5.75 Å². The summed E-state index contributed by atoms with van der Waals surface area (Å²) in [5.41, 5.74) is 5.28. The maximum Gasteiger partial charge on any atom is 0.516 e. The van der Waals surface area contributed by atoms with Crippen molar-refractivity contribution in [3.8, 4) is 34.3 Å². The van der Waals surface area contributed by atoms with Crippen LogP contribution in [0.2, 0.25) is 0 Å². The molecule has 50 heavy (non-hydrogen) atoms. The van der Waals surface area contributed by atoms with Crippen molar-refractivity contribution in [2.24, 2.45) is 0 Å². The smallest absolute Gasteiger partial charge is 0.465 e. The second kappa shape index (κ2) is 15.3. The number of para-hydroxylation sites is 1. The third-order valence-electron chi connectivity index (χ3n) is 7.33. The van der Waals surface area contributed by atoms with Crippen LogP contribution < -0.4 is 9.47 Å². The number of fused-ring (bicyclic) bond motifs is 1. The van der Waals surface area contributed by atoms with E-state index in [0.29, 0.717) is 41.6 Å². The first-order valence-corrected chi connectivity index (χ1v) is 15.3. The monoisotopic (exact) mass is 681 g/mol. The Kier molecular flexibility index (Phi) is 10.3. The summed E-state index contributed by atoms with van der Waals surface area (Å²) in [5, 5.41) is 31.4. The van der Waals surface area contributed by atoms with Crippen LogP contribution in [-0.2, 0) is 27.5 Å². The van der Waals surface area contributed by atoms with Crippen LogP contribution in [0.1, 0.15) is 35.3 Å². The van der Waals surface area contributed by atoms with Crippen molar-refractivity contribution < 1.29 is 43.8 Å². The predicted octanol–water partition coefficient (Wildman–Crippen LogP) is 5.56. The van der Waals surface area contributed by atoms with E-state index in [1.54, 1.807) is 34.9 Å². The minimum absolute atomic E-state index is 0.0957. The first-order chi connectivity index (χ1) is 24.3. The topological polar surface area (TPSA) is 196 Å². The maximum atomic E-state index is 13.5. The van der Waals surface area contributed by atoms with E-state index in [-0.39, 0.29) is 17.9 Å². The molecule has 16 heteroatoms. The minimum atomic E-state index is -1.32. The normalized spacial score (nSPS) is 11.8. The van der Waals surface area contributed by atoms with Crippen LogP contribution in [0, 0.1) is 0 Å². The van der Waals surface area contributed by atoms with Gasteiger partial charge in [-0.2, -0.15) is 10.2 Å². The second-order valence-electron chi connectivity index (χ2n) is 10.7. The lowest BCUT2D eigenvalue weighted by molar-refractivity contribution is -0.497. The van der Waals surface area contributed by atoms with Crippen molar-refractivity contribution in [1.29, 1.82) is 0 Å². The van der Waals surface area contributed by atoms with E-state index in [9.17, 15) is 9.59 Å². The average Bonchev–Trinajstić information content (AvgIpc) is 3.77. The van der Waals surface area contributed by atoms with E-state index < -0.39 is 23.8 Å². The molecule has 0 aliphatic carbocycles. The molecule has 16 nitrogen and oxygen atoms in total. The molecule has 2 aromatic heterocycles. The summed E-state index contributed by atoms with van der Waals surface area (Å²) < 4.78 is 23.5. The SMILES string of the molecule is CCOc1nc2cccc(C(=O)OC(C)OC(=O)Oc3cccc(CON(O)O)c3)c2n1Cc1ccc(-c2ccccc2-c2nn[nH]n2)cc1. The fourth-order valence-electron chi connectivity index (χ4n) is 5.22. The van der Waals surface area contributed by atoms with Crippen molar-refractivity contribution >= 4 is 23.2 Å². The van der Waals surface area contributed by atoms with Gasteiger partial charge in [0.15, 0.2) is 0 Å². The van der Waals surface area contributed by atoms with Gasteiger partial charge in [-0.25, -0.2) is 14.4 Å². The molecule has 0 saturated heterocycles. The molecule has 0 saturated carbocycles. The second-order valence-corrected chi connectivity index (χ2v) is 10.7. The number of imidazole rings is 1. The zero-order chi connectivity index (χ0) is 35.0. The summed E-state index contributed by atoms with van der Waals surface area (Å²) in [6.07, 6.45) is -2.45. The van der Waals surface area contributed by atoms with Crippen molar-refractivity contribution in [1.82, 2.24) is 35.6 Å². The first kappa shape index (κ1) is 33.7. The Morgan fingerprint density at radius 1 is 0.920 bits per heavy atom. The molecule has 0 radical (unpaired) electrons. The van der Waals surface area contributed by atoms with Gasteiger partial charge in [-0.1, -0.05) is 66.7 Å². The number of ether oxygens (including phenoxy) is 4. The number of H-pyrrole nitrogens is 1. The molecule has 0 aliphatic heterocycles. The molecule has 6 rings (SSSR count). The molecule has 1 unspecified atom stereocenters. The lowest BCUT2D eigenvalue weighted by Crippen LogP contribution is -2.24. The highest BCUT2D eigenvalue weighted by atomic mass is 17.1. The predicted molar refractivity (Wildman–Crippen MR) is 174 cm³/mol. The number of hydrogen-bond donors (Lipinski definition) is 3. The molecule has 0 bridgehead atoms. The van der Waals surface area contributed by atoms with E-state index >= 15 is 0 Å². The number of nitrogens with one attached hydrogen (secondary N) is 1. The van der Waals surface area contributed by atoms with Crippen LogP contribution in [0.25, 0.3) is 33.5 Å². The van der Waals surface area contributed by atoms with Gasteiger partial charge < -0.3 is 18.9 Å². The third-order valence-corrected chi connectivity index (χ3v) is 7.33. The van der Waals surface area contributed by atoms with Gasteiger partial charge >= 0.3 is 12.1 Å². The quantitative estimate of drug-likeness (QED) is 0.0593. The van der Waals surface area contributed by atoms with E-state index in [4.69, 9.17) is 29.4 Å². The highest BCUT2D eigenvalue weighted by Crippen LogP contribution is 2.31.